The van der Waals surface area contributed by atoms with Gasteiger partial charge >= 0.3 is 0 Å². The minimum atomic E-state index is -4.17. The summed E-state index contributed by atoms with van der Waals surface area (Å²) >= 11 is 18.1. The highest BCUT2D eigenvalue weighted by Gasteiger charge is 2.52. The molecule has 3 atom stereocenters. The lowest BCUT2D eigenvalue weighted by molar-refractivity contribution is -0.164. The Balaban J connectivity index is 1.76. The first-order chi connectivity index (χ1) is 15.5. The lowest BCUT2D eigenvalue weighted by atomic mass is 9.97. The van der Waals surface area contributed by atoms with Crippen molar-refractivity contribution < 1.29 is 18.0 Å². The van der Waals surface area contributed by atoms with Gasteiger partial charge in [-0.3, -0.25) is 9.59 Å². The van der Waals surface area contributed by atoms with Crippen molar-refractivity contribution in [2.75, 3.05) is 20.1 Å². The number of halogens is 3. The molecule has 2 fully saturated rings. The molecular weight excluding hydrogens is 511 g/mol. The van der Waals surface area contributed by atoms with Gasteiger partial charge in [-0.25, -0.2) is 8.42 Å². The molecule has 33 heavy (non-hydrogen) atoms. The van der Waals surface area contributed by atoms with Crippen LogP contribution in [-0.2, 0) is 26.0 Å². The molecule has 2 saturated heterocycles. The smallest absolute Gasteiger partial charge is 0.246 e. The Bertz CT molecular complexity index is 1210. The Morgan fingerprint density at radius 3 is 2.24 bits per heavy atom. The van der Waals surface area contributed by atoms with Gasteiger partial charge in [-0.05, 0) is 35.9 Å². The monoisotopic (exact) mass is 530 g/mol. The van der Waals surface area contributed by atoms with Crippen molar-refractivity contribution in [1.29, 1.82) is 0 Å². The van der Waals surface area contributed by atoms with Gasteiger partial charge in [0.25, 0.3) is 0 Å². The van der Waals surface area contributed by atoms with E-state index in [9.17, 15) is 18.0 Å². The molecule has 2 N–H and O–H groups in total. The maximum atomic E-state index is 13.6. The molecule has 0 bridgehead atoms. The summed E-state index contributed by atoms with van der Waals surface area (Å²) in [5.74, 6) is -0.778. The summed E-state index contributed by atoms with van der Waals surface area (Å²) in [4.78, 5) is 28.8. The molecular formula is C21H21Cl3N4O4S. The Labute approximate surface area is 206 Å². The van der Waals surface area contributed by atoms with Crippen LogP contribution < -0.4 is 5.73 Å². The molecule has 0 aliphatic carbocycles. The van der Waals surface area contributed by atoms with Gasteiger partial charge in [-0.15, -0.1) is 0 Å². The molecule has 12 heteroatoms. The van der Waals surface area contributed by atoms with E-state index in [0.29, 0.717) is 5.02 Å². The summed E-state index contributed by atoms with van der Waals surface area (Å²) in [6.45, 7) is -0.240. The zero-order valence-corrected chi connectivity index (χ0v) is 20.6. The van der Waals surface area contributed by atoms with E-state index in [1.54, 1.807) is 31.3 Å². The van der Waals surface area contributed by atoms with Crippen LogP contribution in [0.2, 0.25) is 15.1 Å². The summed E-state index contributed by atoms with van der Waals surface area (Å²) in [5.41, 5.74) is 6.85. The van der Waals surface area contributed by atoms with Crippen LogP contribution in [0.5, 0.6) is 0 Å². The van der Waals surface area contributed by atoms with Gasteiger partial charge in [0.1, 0.15) is 17.1 Å². The second-order valence-electron chi connectivity index (χ2n) is 8.05. The summed E-state index contributed by atoms with van der Waals surface area (Å²) < 4.78 is 28.4. The van der Waals surface area contributed by atoms with Crippen molar-refractivity contribution in [2.24, 2.45) is 5.73 Å². The van der Waals surface area contributed by atoms with E-state index in [0.717, 1.165) is 9.87 Å². The van der Waals surface area contributed by atoms with E-state index in [-0.39, 0.29) is 40.4 Å². The number of carbonyl (C=O) groups excluding carboxylic acids is 2. The fourth-order valence-corrected chi connectivity index (χ4v) is 6.69. The van der Waals surface area contributed by atoms with Crippen LogP contribution >= 0.6 is 34.8 Å². The highest BCUT2D eigenvalue weighted by molar-refractivity contribution is 7.89. The Morgan fingerprint density at radius 1 is 0.970 bits per heavy atom. The topological polar surface area (TPSA) is 104 Å². The number of carbonyl (C=O) groups is 2. The predicted molar refractivity (Wildman–Crippen MR) is 126 cm³/mol. The van der Waals surface area contributed by atoms with E-state index in [1.807, 2.05) is 0 Å². The van der Waals surface area contributed by atoms with Crippen LogP contribution in [0.25, 0.3) is 0 Å². The third-order valence-electron chi connectivity index (χ3n) is 5.86. The van der Waals surface area contributed by atoms with Crippen molar-refractivity contribution in [3.63, 3.8) is 0 Å². The second-order valence-corrected chi connectivity index (χ2v) is 11.2. The fraction of sp³-hybridized carbons (Fsp3) is 0.333. The van der Waals surface area contributed by atoms with Gasteiger partial charge in [0, 0.05) is 30.1 Å². The van der Waals surface area contributed by atoms with Crippen LogP contribution in [0.4, 0.5) is 0 Å². The molecule has 2 aromatic rings. The molecule has 4 rings (SSSR count). The van der Waals surface area contributed by atoms with Crippen LogP contribution in [0.1, 0.15) is 5.56 Å². The Morgan fingerprint density at radius 2 is 1.61 bits per heavy atom. The number of rotatable bonds is 4. The lowest BCUT2D eigenvalue weighted by Gasteiger charge is -2.52. The molecule has 2 aliphatic rings. The van der Waals surface area contributed by atoms with E-state index in [1.165, 1.54) is 28.0 Å². The minimum absolute atomic E-state index is 0.00114. The third-order valence-corrected chi connectivity index (χ3v) is 8.69. The molecule has 0 saturated carbocycles. The third kappa shape index (κ3) is 4.45. The zero-order chi connectivity index (χ0) is 24.1. The molecule has 176 valence electrons. The number of sulfonamides is 1. The van der Waals surface area contributed by atoms with Gasteiger partial charge in [-0.2, -0.15) is 4.31 Å². The van der Waals surface area contributed by atoms with Crippen LogP contribution in [0, 0.1) is 0 Å². The lowest BCUT2D eigenvalue weighted by Crippen LogP contribution is -2.75. The number of fused-ring (bicyclic) bond motifs is 1. The van der Waals surface area contributed by atoms with Gasteiger partial charge in [0.2, 0.25) is 21.8 Å². The maximum Gasteiger partial charge on any atom is 0.246 e. The minimum Gasteiger partial charge on any atom is -0.340 e. The number of benzene rings is 2. The Kier molecular flexibility index (Phi) is 6.65. The average Bonchev–Trinajstić information content (AvgIpc) is 2.75. The molecule has 0 aromatic heterocycles. The van der Waals surface area contributed by atoms with Crippen LogP contribution in [0.15, 0.2) is 47.4 Å². The normalized spacial score (nSPS) is 24.2. The van der Waals surface area contributed by atoms with Crippen LogP contribution in [-0.4, -0.2) is 72.7 Å². The second kappa shape index (κ2) is 9.05. The quantitative estimate of drug-likeness (QED) is 0.651. The van der Waals surface area contributed by atoms with E-state index < -0.39 is 34.2 Å². The van der Waals surface area contributed by atoms with Gasteiger partial charge in [0.05, 0.1) is 17.6 Å². The first kappa shape index (κ1) is 24.3. The summed E-state index contributed by atoms with van der Waals surface area (Å²) in [5, 5.41) is 0.784. The first-order valence-electron chi connectivity index (χ1n) is 10.0. The highest BCUT2D eigenvalue weighted by atomic mass is 35.5. The van der Waals surface area contributed by atoms with Gasteiger partial charge < -0.3 is 15.5 Å². The summed E-state index contributed by atoms with van der Waals surface area (Å²) in [7, 11) is -2.59. The van der Waals surface area contributed by atoms with Crippen molar-refractivity contribution in [3.8, 4) is 0 Å². The standard InChI is InChI=1S/C21H21Cl3N4O4S/c1-26-11-19-27(33(31,32)18-7-6-14(23)9-15(18)24)10-16(25)20(29)28(19)17(21(26)30)8-12-2-4-13(22)5-3-12/h2-7,9,16-17,19H,8,10-11,25H2,1H3. The molecule has 0 spiro atoms. The molecule has 2 amide bonds. The van der Waals surface area contributed by atoms with Crippen molar-refractivity contribution in [3.05, 3.63) is 63.1 Å². The molecule has 2 heterocycles. The van der Waals surface area contributed by atoms with E-state index >= 15 is 0 Å². The van der Waals surface area contributed by atoms with Crippen molar-refractivity contribution >= 4 is 56.6 Å². The SMILES string of the molecule is CN1CC2N(C(=O)C(N)CN2S(=O)(=O)c2ccc(Cl)cc2Cl)C(Cc2ccc(Cl)cc2)C1=O. The fourth-order valence-electron chi connectivity index (χ4n) is 4.22. The number of amides is 2. The summed E-state index contributed by atoms with van der Waals surface area (Å²) in [6.07, 6.45) is -0.751. The predicted octanol–water partition coefficient (Wildman–Crippen LogP) is 2.22. The van der Waals surface area contributed by atoms with Crippen molar-refractivity contribution in [2.45, 2.75) is 29.6 Å². The zero-order valence-electron chi connectivity index (χ0n) is 17.5. The number of hydrogen-bond donors (Lipinski definition) is 1. The van der Waals surface area contributed by atoms with E-state index in [2.05, 4.69) is 0 Å². The Hall–Kier alpha value is -1.88. The van der Waals surface area contributed by atoms with Gasteiger partial charge in [-0.1, -0.05) is 46.9 Å². The maximum absolute atomic E-state index is 13.6. The average molecular weight is 532 g/mol. The number of nitrogens with two attached hydrogens (primary N) is 1. The first-order valence-corrected chi connectivity index (χ1v) is 12.6. The molecule has 0 radical (unpaired) electrons. The molecule has 2 aromatic carbocycles. The number of likely N-dealkylation sites (N-methyl/N-ethyl adjacent to an activating group) is 1. The van der Waals surface area contributed by atoms with Gasteiger partial charge in [0.15, 0.2) is 0 Å². The number of hydrogen-bond acceptors (Lipinski definition) is 5. The molecule has 2 aliphatic heterocycles. The van der Waals surface area contributed by atoms with Crippen LogP contribution in [0.3, 0.4) is 0 Å². The number of nitrogens with zero attached hydrogens (tertiary/aromatic N) is 3. The molecule has 3 unspecified atom stereocenters. The van der Waals surface area contributed by atoms with E-state index in [4.69, 9.17) is 40.5 Å². The largest absolute Gasteiger partial charge is 0.340 e. The summed E-state index contributed by atoms with van der Waals surface area (Å²) in [6, 6.07) is 8.91. The highest BCUT2D eigenvalue weighted by Crippen LogP contribution is 2.34. The van der Waals surface area contributed by atoms with Crippen molar-refractivity contribution in [1.82, 2.24) is 14.1 Å². The molecule has 8 nitrogen and oxygen atoms in total. The number of piperazine rings is 1.